The van der Waals surface area contributed by atoms with Crippen LogP contribution in [0.25, 0.3) is 0 Å². The van der Waals surface area contributed by atoms with Crippen molar-refractivity contribution >= 4 is 23.6 Å². The maximum atomic E-state index is 12.3. The molecular formula is C25H46N4O6. The molecule has 0 radical (unpaired) electrons. The highest BCUT2D eigenvalue weighted by Crippen LogP contribution is 2.09. The summed E-state index contributed by atoms with van der Waals surface area (Å²) in [6.45, 7) is 16.8. The van der Waals surface area contributed by atoms with Crippen molar-refractivity contribution in [3.63, 3.8) is 0 Å². The van der Waals surface area contributed by atoms with Gasteiger partial charge in [-0.15, -0.1) is 0 Å². The molecule has 0 aromatic rings. The molecule has 0 unspecified atom stereocenters. The molecule has 10 nitrogen and oxygen atoms in total. The van der Waals surface area contributed by atoms with E-state index in [4.69, 9.17) is 9.68 Å². The molecule has 0 rings (SSSR count). The van der Waals surface area contributed by atoms with E-state index >= 15 is 0 Å². The van der Waals surface area contributed by atoms with Crippen molar-refractivity contribution in [2.45, 2.75) is 86.9 Å². The van der Waals surface area contributed by atoms with Crippen LogP contribution >= 0.6 is 0 Å². The lowest BCUT2D eigenvalue weighted by atomic mass is 10.1. The minimum atomic E-state index is -0.817. The Kier molecular flexibility index (Phi) is 16.6. The summed E-state index contributed by atoms with van der Waals surface area (Å²) in [5.74, 6) is -0.717. The fourth-order valence-corrected chi connectivity index (χ4v) is 2.73. The molecule has 4 amide bonds. The predicted molar refractivity (Wildman–Crippen MR) is 134 cm³/mol. The van der Waals surface area contributed by atoms with E-state index in [9.17, 15) is 19.2 Å². The van der Waals surface area contributed by atoms with Crippen molar-refractivity contribution < 1.29 is 28.9 Å². The van der Waals surface area contributed by atoms with Gasteiger partial charge in [-0.2, -0.15) is 0 Å². The number of rotatable bonds is 17. The molecule has 0 aliphatic rings. The zero-order valence-corrected chi connectivity index (χ0v) is 22.6. The van der Waals surface area contributed by atoms with Gasteiger partial charge in [-0.25, -0.2) is 11.0 Å². The van der Waals surface area contributed by atoms with Crippen LogP contribution in [0.1, 0.15) is 74.7 Å². The van der Waals surface area contributed by atoms with E-state index in [0.717, 1.165) is 6.08 Å². The molecule has 0 aliphatic heterocycles. The van der Waals surface area contributed by atoms with Crippen LogP contribution in [-0.2, 0) is 28.9 Å². The maximum Gasteiger partial charge on any atom is 0.267 e. The third-order valence-electron chi connectivity index (χ3n) is 4.51. The Bertz CT molecular complexity index is 691. The first-order valence-electron chi connectivity index (χ1n) is 12.4. The van der Waals surface area contributed by atoms with Gasteiger partial charge in [-0.3, -0.25) is 28.9 Å². The summed E-state index contributed by atoms with van der Waals surface area (Å²) < 4.78 is 0. The second-order valence-corrected chi connectivity index (χ2v) is 10.3. The zero-order valence-electron chi connectivity index (χ0n) is 22.6. The smallest absolute Gasteiger partial charge is 0.267 e. The van der Waals surface area contributed by atoms with E-state index in [1.807, 2.05) is 55.4 Å². The van der Waals surface area contributed by atoms with Crippen LogP contribution in [0.15, 0.2) is 12.2 Å². The Morgan fingerprint density at radius 1 is 0.657 bits per heavy atom. The third kappa shape index (κ3) is 17.6. The zero-order chi connectivity index (χ0) is 27.0. The van der Waals surface area contributed by atoms with Gasteiger partial charge in [-0.05, 0) is 36.5 Å². The molecule has 35 heavy (non-hydrogen) atoms. The van der Waals surface area contributed by atoms with Crippen molar-refractivity contribution in [3.05, 3.63) is 12.2 Å². The minimum absolute atomic E-state index is 0.139. The van der Waals surface area contributed by atoms with E-state index < -0.39 is 24.0 Å². The number of hydrogen-bond acceptors (Lipinski definition) is 6. The fourth-order valence-electron chi connectivity index (χ4n) is 2.73. The van der Waals surface area contributed by atoms with Crippen LogP contribution in [0.2, 0.25) is 0 Å². The topological polar surface area (TPSA) is 135 Å². The van der Waals surface area contributed by atoms with Gasteiger partial charge < -0.3 is 10.6 Å². The van der Waals surface area contributed by atoms with E-state index in [0.29, 0.717) is 37.8 Å². The Balaban J connectivity index is 4.61. The average Bonchev–Trinajstić information content (AvgIpc) is 2.75. The van der Waals surface area contributed by atoms with E-state index in [1.165, 1.54) is 6.08 Å². The number of carbonyl (C=O) groups excluding carboxylic acids is 4. The van der Waals surface area contributed by atoms with Gasteiger partial charge in [0, 0.05) is 25.6 Å². The molecule has 0 aromatic carbocycles. The number of hydroxylamine groups is 2. The molecule has 0 fully saturated rings. The maximum absolute atomic E-state index is 12.3. The molecule has 0 saturated carbocycles. The predicted octanol–water partition coefficient (Wildman–Crippen LogP) is 2.40. The Labute approximate surface area is 210 Å². The van der Waals surface area contributed by atoms with Crippen LogP contribution in [-0.4, -0.2) is 48.9 Å². The molecule has 0 bridgehead atoms. The summed E-state index contributed by atoms with van der Waals surface area (Å²) in [5, 5.41) is 5.60. The minimum Gasteiger partial charge on any atom is -0.354 e. The van der Waals surface area contributed by atoms with E-state index in [-0.39, 0.29) is 30.1 Å². The average molecular weight is 499 g/mol. The summed E-state index contributed by atoms with van der Waals surface area (Å²) in [5.41, 5.74) is 4.51. The number of amides is 4. The van der Waals surface area contributed by atoms with Crippen molar-refractivity contribution in [3.8, 4) is 0 Å². The molecule has 2 atom stereocenters. The number of nitrogens with one attached hydrogen (secondary N) is 4. The highest BCUT2D eigenvalue weighted by Gasteiger charge is 2.23. The summed E-state index contributed by atoms with van der Waals surface area (Å²) in [6, 6.07) is 0. The Hall–Kier alpha value is -2.46. The van der Waals surface area contributed by atoms with Crippen LogP contribution < -0.4 is 21.6 Å². The van der Waals surface area contributed by atoms with Crippen molar-refractivity contribution in [2.24, 2.45) is 23.7 Å². The standard InChI is InChI=1S/C25H46N4O6/c1-16(2)12-20(24(32)26-14-18(5)6)34-28-22(30)10-9-11-23(31)29-35-21(13-17(3)4)25(33)27-15-19(7)8/h9-10,16-21H,11-15H2,1-8H3,(H,26,32)(H,27,33)(H,28,30)(H,29,31)/t20-,21-/m1/s1. The first-order valence-corrected chi connectivity index (χ1v) is 12.4. The molecular weight excluding hydrogens is 452 g/mol. The first kappa shape index (κ1) is 32.5. The first-order chi connectivity index (χ1) is 16.3. The molecule has 0 aromatic heterocycles. The molecule has 0 aliphatic carbocycles. The summed E-state index contributed by atoms with van der Waals surface area (Å²) >= 11 is 0. The van der Waals surface area contributed by atoms with Crippen LogP contribution in [0.3, 0.4) is 0 Å². The molecule has 202 valence electrons. The van der Waals surface area contributed by atoms with Crippen molar-refractivity contribution in [1.82, 2.24) is 21.6 Å². The summed E-state index contributed by atoms with van der Waals surface area (Å²) in [4.78, 5) is 59.4. The highest BCUT2D eigenvalue weighted by molar-refractivity contribution is 5.88. The number of hydrogen-bond donors (Lipinski definition) is 4. The quantitative estimate of drug-likeness (QED) is 0.180. The van der Waals surface area contributed by atoms with Crippen LogP contribution in [0.5, 0.6) is 0 Å². The van der Waals surface area contributed by atoms with Gasteiger partial charge in [0.15, 0.2) is 12.2 Å². The molecule has 0 saturated heterocycles. The lowest BCUT2D eigenvalue weighted by Crippen LogP contribution is -2.42. The second kappa shape index (κ2) is 17.9. The van der Waals surface area contributed by atoms with E-state index in [2.05, 4.69) is 21.6 Å². The number of carbonyl (C=O) groups is 4. The highest BCUT2D eigenvalue weighted by atomic mass is 16.7. The van der Waals surface area contributed by atoms with Gasteiger partial charge in [0.05, 0.1) is 0 Å². The monoisotopic (exact) mass is 498 g/mol. The summed E-state index contributed by atoms with van der Waals surface area (Å²) in [6.07, 6.45) is 1.60. The summed E-state index contributed by atoms with van der Waals surface area (Å²) in [7, 11) is 0. The van der Waals surface area contributed by atoms with Crippen molar-refractivity contribution in [2.75, 3.05) is 13.1 Å². The largest absolute Gasteiger partial charge is 0.354 e. The van der Waals surface area contributed by atoms with Crippen LogP contribution in [0, 0.1) is 23.7 Å². The van der Waals surface area contributed by atoms with Gasteiger partial charge in [0.25, 0.3) is 17.7 Å². The lowest BCUT2D eigenvalue weighted by molar-refractivity contribution is -0.149. The van der Waals surface area contributed by atoms with E-state index in [1.54, 1.807) is 0 Å². The third-order valence-corrected chi connectivity index (χ3v) is 4.51. The van der Waals surface area contributed by atoms with Crippen LogP contribution in [0.4, 0.5) is 0 Å². The molecule has 4 N–H and O–H groups in total. The molecule has 10 heteroatoms. The second-order valence-electron chi connectivity index (χ2n) is 10.3. The van der Waals surface area contributed by atoms with Gasteiger partial charge in [0.1, 0.15) is 0 Å². The fraction of sp³-hybridized carbons (Fsp3) is 0.760. The van der Waals surface area contributed by atoms with Gasteiger partial charge in [0.2, 0.25) is 5.91 Å². The molecule has 0 spiro atoms. The molecule has 0 heterocycles. The van der Waals surface area contributed by atoms with Crippen molar-refractivity contribution in [1.29, 1.82) is 0 Å². The van der Waals surface area contributed by atoms with Gasteiger partial charge in [-0.1, -0.05) is 61.5 Å². The lowest BCUT2D eigenvalue weighted by Gasteiger charge is -2.19. The SMILES string of the molecule is CC(C)CNC(=O)[C@@H](CC(C)C)ONC(=O)C=CCC(=O)NO[C@H](CC(C)C)C(=O)NCC(C)C. The van der Waals surface area contributed by atoms with Gasteiger partial charge >= 0.3 is 0 Å². The Morgan fingerprint density at radius 3 is 1.49 bits per heavy atom. The Morgan fingerprint density at radius 2 is 1.09 bits per heavy atom. The normalized spacial score (nSPS) is 13.4.